The van der Waals surface area contributed by atoms with Gasteiger partial charge in [-0.1, -0.05) is 67.1 Å². The highest BCUT2D eigenvalue weighted by atomic mass is 16.2. The van der Waals surface area contributed by atoms with Crippen molar-refractivity contribution in [3.63, 3.8) is 0 Å². The Hall–Kier alpha value is -3.52. The van der Waals surface area contributed by atoms with E-state index >= 15 is 0 Å². The van der Waals surface area contributed by atoms with E-state index in [1.807, 2.05) is 60.7 Å². The van der Waals surface area contributed by atoms with Gasteiger partial charge in [0.15, 0.2) is 5.78 Å². The summed E-state index contributed by atoms with van der Waals surface area (Å²) in [6.45, 7) is -0.211. The first-order valence-electron chi connectivity index (χ1n) is 12.0. The normalized spacial score (nSPS) is 23.1. The maximum absolute atomic E-state index is 13.4. The number of benzene rings is 2. The third-order valence-corrected chi connectivity index (χ3v) is 6.18. The summed E-state index contributed by atoms with van der Waals surface area (Å²) in [5.41, 5.74) is 7.83. The summed E-state index contributed by atoms with van der Waals surface area (Å²) in [5, 5.41) is 5.65. The molecule has 3 amide bonds. The predicted molar refractivity (Wildman–Crippen MR) is 133 cm³/mol. The van der Waals surface area contributed by atoms with Crippen LogP contribution in [0.25, 0.3) is 0 Å². The number of Topliss-reactive ketones (excluding diaryl/α,β-unsaturated/α-hetero) is 1. The molecular formula is C27H34N4O4. The smallest absolute Gasteiger partial charge is 0.243 e. The van der Waals surface area contributed by atoms with Crippen LogP contribution >= 0.6 is 0 Å². The number of likely N-dealkylation sites (N-methyl/N-ethyl adjacent to an activating group) is 1. The summed E-state index contributed by atoms with van der Waals surface area (Å²) in [5.74, 6) is -1.33. The zero-order valence-electron chi connectivity index (χ0n) is 20.1. The molecule has 35 heavy (non-hydrogen) atoms. The van der Waals surface area contributed by atoms with Crippen molar-refractivity contribution in [2.45, 2.75) is 56.7 Å². The van der Waals surface area contributed by atoms with E-state index < -0.39 is 29.9 Å². The topological polar surface area (TPSA) is 122 Å². The second-order valence-corrected chi connectivity index (χ2v) is 9.07. The highest BCUT2D eigenvalue weighted by Crippen LogP contribution is 2.12. The van der Waals surface area contributed by atoms with Gasteiger partial charge >= 0.3 is 0 Å². The van der Waals surface area contributed by atoms with Gasteiger partial charge in [-0.15, -0.1) is 0 Å². The quantitative estimate of drug-likeness (QED) is 0.613. The number of carbonyl (C=O) groups excluding carboxylic acids is 4. The van der Waals surface area contributed by atoms with E-state index in [-0.39, 0.29) is 31.1 Å². The molecule has 0 saturated carbocycles. The molecule has 0 radical (unpaired) electrons. The standard InChI is InChI=1S/C27H34N4O4/c1-31-18-25(33)29-23(17-20-12-6-3-7-13-20)26(34)30-22(16-19-10-4-2-5-11-19)24(32)15-9-8-14-21(28)27(31)35/h2-7,10-13,21-23H,8-9,14-18,28H2,1H3,(H,29,33)(H,30,34)/t21-,22+,23-/m0/s1. The van der Waals surface area contributed by atoms with Crippen LogP contribution < -0.4 is 16.4 Å². The average molecular weight is 479 g/mol. The van der Waals surface area contributed by atoms with Gasteiger partial charge in [-0.2, -0.15) is 0 Å². The number of ketones is 1. The van der Waals surface area contributed by atoms with E-state index in [2.05, 4.69) is 10.6 Å². The van der Waals surface area contributed by atoms with E-state index in [9.17, 15) is 19.2 Å². The second-order valence-electron chi connectivity index (χ2n) is 9.07. The molecule has 3 atom stereocenters. The Morgan fingerprint density at radius 3 is 2.00 bits per heavy atom. The first kappa shape index (κ1) is 26.1. The first-order valence-corrected chi connectivity index (χ1v) is 12.0. The van der Waals surface area contributed by atoms with Gasteiger partial charge in [-0.25, -0.2) is 0 Å². The molecule has 2 aromatic carbocycles. The van der Waals surface area contributed by atoms with Crippen molar-refractivity contribution in [1.29, 1.82) is 0 Å². The van der Waals surface area contributed by atoms with Gasteiger partial charge < -0.3 is 21.3 Å². The predicted octanol–water partition coefficient (Wildman–Crippen LogP) is 1.37. The highest BCUT2D eigenvalue weighted by molar-refractivity contribution is 5.94. The number of rotatable bonds is 4. The van der Waals surface area contributed by atoms with E-state index in [1.165, 1.54) is 11.9 Å². The van der Waals surface area contributed by atoms with Crippen LogP contribution in [0.15, 0.2) is 60.7 Å². The summed E-state index contributed by atoms with van der Waals surface area (Å²) in [4.78, 5) is 53.1. The van der Waals surface area contributed by atoms with Gasteiger partial charge in [0.05, 0.1) is 18.6 Å². The maximum Gasteiger partial charge on any atom is 0.243 e. The van der Waals surface area contributed by atoms with E-state index in [4.69, 9.17) is 5.73 Å². The van der Waals surface area contributed by atoms with Gasteiger partial charge in [-0.3, -0.25) is 19.2 Å². The Morgan fingerprint density at radius 1 is 0.829 bits per heavy atom. The van der Waals surface area contributed by atoms with E-state index in [1.54, 1.807) is 0 Å². The molecule has 0 aromatic heterocycles. The molecule has 2 aromatic rings. The molecule has 186 valence electrons. The monoisotopic (exact) mass is 478 g/mol. The lowest BCUT2D eigenvalue weighted by atomic mass is 9.97. The van der Waals surface area contributed by atoms with Gasteiger partial charge in [0.2, 0.25) is 17.7 Å². The molecule has 0 aliphatic carbocycles. The third kappa shape index (κ3) is 8.03. The summed E-state index contributed by atoms with van der Waals surface area (Å²) < 4.78 is 0. The van der Waals surface area contributed by atoms with Crippen LogP contribution in [0.3, 0.4) is 0 Å². The molecule has 8 nitrogen and oxygen atoms in total. The van der Waals surface area contributed by atoms with Crippen molar-refractivity contribution in [2.24, 2.45) is 5.73 Å². The van der Waals surface area contributed by atoms with Crippen LogP contribution in [0, 0.1) is 0 Å². The molecule has 0 unspecified atom stereocenters. The van der Waals surface area contributed by atoms with Crippen molar-refractivity contribution in [3.8, 4) is 0 Å². The largest absolute Gasteiger partial charge is 0.344 e. The van der Waals surface area contributed by atoms with E-state index in [0.29, 0.717) is 25.7 Å². The van der Waals surface area contributed by atoms with Crippen molar-refractivity contribution < 1.29 is 19.2 Å². The molecule has 4 N–H and O–H groups in total. The van der Waals surface area contributed by atoms with E-state index in [0.717, 1.165) is 11.1 Å². The lowest BCUT2D eigenvalue weighted by molar-refractivity contribution is -0.137. The fourth-order valence-corrected chi connectivity index (χ4v) is 4.20. The minimum atomic E-state index is -0.904. The Kier molecular flexibility index (Phi) is 9.55. The lowest BCUT2D eigenvalue weighted by Gasteiger charge is -2.24. The number of nitrogens with zero attached hydrogens (tertiary/aromatic N) is 1. The molecule has 1 fully saturated rings. The fraction of sp³-hybridized carbons (Fsp3) is 0.407. The van der Waals surface area contributed by atoms with Crippen molar-refractivity contribution in [1.82, 2.24) is 15.5 Å². The number of carbonyl (C=O) groups is 4. The first-order chi connectivity index (χ1) is 16.8. The summed E-state index contributed by atoms with van der Waals surface area (Å²) in [6, 6.07) is 16.5. The minimum Gasteiger partial charge on any atom is -0.344 e. The number of amides is 3. The number of hydrogen-bond acceptors (Lipinski definition) is 5. The molecule has 3 rings (SSSR count). The average Bonchev–Trinajstić information content (AvgIpc) is 2.85. The third-order valence-electron chi connectivity index (χ3n) is 6.18. The SMILES string of the molecule is CN1CC(=O)N[C@@H](Cc2ccccc2)C(=O)N[C@H](Cc2ccccc2)C(=O)CCCC[C@H](N)C1=O. The highest BCUT2D eigenvalue weighted by Gasteiger charge is 2.29. The van der Waals surface area contributed by atoms with Crippen molar-refractivity contribution in [3.05, 3.63) is 71.8 Å². The maximum atomic E-state index is 13.4. The zero-order valence-corrected chi connectivity index (χ0v) is 20.1. The van der Waals surface area contributed by atoms with Gasteiger partial charge in [0, 0.05) is 19.9 Å². The molecule has 1 heterocycles. The van der Waals surface area contributed by atoms with Crippen molar-refractivity contribution in [2.75, 3.05) is 13.6 Å². The molecule has 1 aliphatic heterocycles. The zero-order chi connectivity index (χ0) is 25.2. The van der Waals surface area contributed by atoms with Crippen LogP contribution in [0.1, 0.15) is 36.8 Å². The Balaban J connectivity index is 1.86. The molecule has 8 heteroatoms. The van der Waals surface area contributed by atoms with Gasteiger partial charge in [0.1, 0.15) is 6.04 Å². The van der Waals surface area contributed by atoms with Gasteiger partial charge in [-0.05, 0) is 30.4 Å². The number of hydrogen-bond donors (Lipinski definition) is 3. The van der Waals surface area contributed by atoms with Crippen molar-refractivity contribution >= 4 is 23.5 Å². The summed E-state index contributed by atoms with van der Waals surface area (Å²) >= 11 is 0. The van der Waals surface area contributed by atoms with Crippen LogP contribution in [0.5, 0.6) is 0 Å². The molecule has 1 saturated heterocycles. The minimum absolute atomic E-state index is 0.0844. The Bertz CT molecular complexity index is 1010. The fourth-order valence-electron chi connectivity index (χ4n) is 4.20. The van der Waals surface area contributed by atoms with Crippen LogP contribution in [0.4, 0.5) is 0 Å². The molecule has 0 bridgehead atoms. The number of nitrogens with one attached hydrogen (secondary N) is 2. The second kappa shape index (κ2) is 12.8. The number of nitrogens with two attached hydrogens (primary N) is 1. The van der Waals surface area contributed by atoms with Crippen LogP contribution in [-0.2, 0) is 32.0 Å². The molecule has 0 spiro atoms. The molecular weight excluding hydrogens is 444 g/mol. The summed E-state index contributed by atoms with van der Waals surface area (Å²) in [7, 11) is 1.52. The Labute approximate surface area is 206 Å². The van der Waals surface area contributed by atoms with Gasteiger partial charge in [0.25, 0.3) is 0 Å². The van der Waals surface area contributed by atoms with Crippen LogP contribution in [-0.4, -0.2) is 60.1 Å². The lowest BCUT2D eigenvalue weighted by Crippen LogP contribution is -2.54. The summed E-state index contributed by atoms with van der Waals surface area (Å²) in [6.07, 6.45) is 2.46. The Morgan fingerprint density at radius 2 is 1.40 bits per heavy atom. The molecule has 1 aliphatic rings. The van der Waals surface area contributed by atoms with Crippen LogP contribution in [0.2, 0.25) is 0 Å².